The quantitative estimate of drug-likeness (QED) is 0.825. The molecule has 1 heterocycles. The summed E-state index contributed by atoms with van der Waals surface area (Å²) >= 11 is 5.91. The second kappa shape index (κ2) is 7.31. The van der Waals surface area contributed by atoms with Crippen LogP contribution in [0.15, 0.2) is 22.7 Å². The van der Waals surface area contributed by atoms with E-state index in [0.717, 1.165) is 0 Å². The number of aryl methyl sites for hydroxylation is 1. The minimum Gasteiger partial charge on any atom is -0.452 e. The summed E-state index contributed by atoms with van der Waals surface area (Å²) in [7, 11) is 1.44. The van der Waals surface area contributed by atoms with Gasteiger partial charge >= 0.3 is 5.97 Å². The smallest absolute Gasteiger partial charge is 0.346 e. The van der Waals surface area contributed by atoms with Crippen molar-refractivity contribution in [3.63, 3.8) is 0 Å². The van der Waals surface area contributed by atoms with Crippen LogP contribution in [0.25, 0.3) is 0 Å². The number of esters is 1. The van der Waals surface area contributed by atoms with Crippen molar-refractivity contribution in [3.8, 4) is 0 Å². The number of amides is 1. The summed E-state index contributed by atoms with van der Waals surface area (Å²) in [6.07, 6.45) is 0. The second-order valence-corrected chi connectivity index (χ2v) is 5.44. The third-order valence-corrected chi connectivity index (χ3v) is 3.66. The Bertz CT molecular complexity index is 738. The summed E-state index contributed by atoms with van der Waals surface area (Å²) in [5.41, 5.74) is 5.88. The van der Waals surface area contributed by atoms with Gasteiger partial charge in [0.1, 0.15) is 11.4 Å². The number of hydrogen-bond donors (Lipinski definition) is 1. The molecule has 0 spiro atoms. The molecule has 128 valence electrons. The molecule has 0 atom stereocenters. The number of benzene rings is 1. The largest absolute Gasteiger partial charge is 0.452 e. The first-order chi connectivity index (χ1) is 11.3. The molecule has 24 heavy (non-hydrogen) atoms. The van der Waals surface area contributed by atoms with Crippen LogP contribution in [-0.4, -0.2) is 35.6 Å². The summed E-state index contributed by atoms with van der Waals surface area (Å²) in [4.78, 5) is 25.1. The molecular weight excluding hydrogens is 341 g/mol. The number of nitrogen functional groups attached to an aromatic ring is 1. The maximum absolute atomic E-state index is 13.7. The maximum atomic E-state index is 13.7. The molecule has 0 radical (unpaired) electrons. The zero-order valence-electron chi connectivity index (χ0n) is 13.0. The zero-order chi connectivity index (χ0) is 17.9. The van der Waals surface area contributed by atoms with Crippen LogP contribution in [-0.2, 0) is 16.1 Å². The Labute approximate surface area is 142 Å². The van der Waals surface area contributed by atoms with Crippen molar-refractivity contribution in [3.05, 3.63) is 45.9 Å². The fraction of sp³-hybridized carbons (Fsp3) is 0.267. The number of hydrogen-bond acceptors (Lipinski definition) is 6. The van der Waals surface area contributed by atoms with Gasteiger partial charge in [-0.15, -0.1) is 0 Å². The van der Waals surface area contributed by atoms with Gasteiger partial charge in [0.2, 0.25) is 5.88 Å². The third kappa shape index (κ3) is 3.83. The van der Waals surface area contributed by atoms with Gasteiger partial charge < -0.3 is 19.9 Å². The van der Waals surface area contributed by atoms with Crippen molar-refractivity contribution >= 4 is 29.4 Å². The molecule has 0 saturated carbocycles. The van der Waals surface area contributed by atoms with E-state index in [1.165, 1.54) is 37.1 Å². The maximum Gasteiger partial charge on any atom is 0.346 e. The monoisotopic (exact) mass is 355 g/mol. The Morgan fingerprint density at radius 1 is 1.46 bits per heavy atom. The van der Waals surface area contributed by atoms with E-state index in [0.29, 0.717) is 0 Å². The van der Waals surface area contributed by atoms with Crippen LogP contribution in [0.2, 0.25) is 5.02 Å². The highest BCUT2D eigenvalue weighted by Gasteiger charge is 2.22. The van der Waals surface area contributed by atoms with Gasteiger partial charge in [-0.2, -0.15) is 0 Å². The summed E-state index contributed by atoms with van der Waals surface area (Å²) in [6.45, 7) is 0.923. The van der Waals surface area contributed by atoms with E-state index >= 15 is 0 Å². The standard InChI is InChI=1S/C15H15ClFN3O4/c1-8-13(14(18)24-19-8)15(22)23-7-12(21)20(2)6-9-10(16)4-3-5-11(9)17/h3-5H,6-7,18H2,1-2H3. The van der Waals surface area contributed by atoms with Crippen molar-refractivity contribution in [2.24, 2.45) is 0 Å². The Morgan fingerprint density at radius 3 is 2.75 bits per heavy atom. The average molecular weight is 356 g/mol. The van der Waals surface area contributed by atoms with Gasteiger partial charge in [0.05, 0.1) is 5.69 Å². The van der Waals surface area contributed by atoms with E-state index in [2.05, 4.69) is 9.68 Å². The lowest BCUT2D eigenvalue weighted by atomic mass is 10.2. The molecule has 0 aliphatic heterocycles. The lowest BCUT2D eigenvalue weighted by molar-refractivity contribution is -0.133. The van der Waals surface area contributed by atoms with E-state index in [-0.39, 0.29) is 34.3 Å². The Balaban J connectivity index is 1.96. The first kappa shape index (κ1) is 17.7. The molecule has 2 aromatic rings. The van der Waals surface area contributed by atoms with E-state index in [9.17, 15) is 14.0 Å². The molecule has 2 rings (SSSR count). The highest BCUT2D eigenvalue weighted by Crippen LogP contribution is 2.20. The van der Waals surface area contributed by atoms with Crippen molar-refractivity contribution in [1.29, 1.82) is 0 Å². The number of nitrogens with zero attached hydrogens (tertiary/aromatic N) is 2. The zero-order valence-corrected chi connectivity index (χ0v) is 13.8. The summed E-state index contributed by atoms with van der Waals surface area (Å²) < 4.78 is 23.3. The van der Waals surface area contributed by atoms with Gasteiger partial charge in [0, 0.05) is 24.2 Å². The molecule has 0 fully saturated rings. The molecule has 0 saturated heterocycles. The SMILES string of the molecule is Cc1noc(N)c1C(=O)OCC(=O)N(C)Cc1c(F)cccc1Cl. The number of rotatable bonds is 5. The molecule has 1 aromatic carbocycles. The van der Waals surface area contributed by atoms with Gasteiger partial charge in [-0.25, -0.2) is 9.18 Å². The lowest BCUT2D eigenvalue weighted by Crippen LogP contribution is -2.31. The van der Waals surface area contributed by atoms with Crippen molar-refractivity contribution in [1.82, 2.24) is 10.1 Å². The first-order valence-electron chi connectivity index (χ1n) is 6.87. The highest BCUT2D eigenvalue weighted by atomic mass is 35.5. The van der Waals surface area contributed by atoms with Crippen LogP contribution in [0.4, 0.5) is 10.3 Å². The number of nitrogens with two attached hydrogens (primary N) is 1. The topological polar surface area (TPSA) is 98.7 Å². The lowest BCUT2D eigenvalue weighted by Gasteiger charge is -2.18. The van der Waals surface area contributed by atoms with Gasteiger partial charge in [-0.1, -0.05) is 22.8 Å². The van der Waals surface area contributed by atoms with Crippen molar-refractivity contribution < 1.29 is 23.2 Å². The van der Waals surface area contributed by atoms with Crippen LogP contribution in [0.3, 0.4) is 0 Å². The molecule has 0 bridgehead atoms. The number of halogens is 2. The number of carbonyl (C=O) groups is 2. The molecule has 2 N–H and O–H groups in total. The third-order valence-electron chi connectivity index (χ3n) is 3.30. The number of likely N-dealkylation sites (N-methyl/N-ethyl adjacent to an activating group) is 1. The van der Waals surface area contributed by atoms with Crippen LogP contribution in [0.1, 0.15) is 21.6 Å². The molecule has 1 aromatic heterocycles. The predicted octanol–water partition coefficient (Wildman–Crippen LogP) is 2.17. The van der Waals surface area contributed by atoms with Crippen LogP contribution in [0.5, 0.6) is 0 Å². The number of anilines is 1. The Kier molecular flexibility index (Phi) is 5.40. The van der Waals surface area contributed by atoms with Crippen LogP contribution < -0.4 is 5.73 Å². The van der Waals surface area contributed by atoms with E-state index in [1.807, 2.05) is 0 Å². The average Bonchev–Trinajstić information content (AvgIpc) is 2.87. The molecule has 9 heteroatoms. The number of carbonyl (C=O) groups excluding carboxylic acids is 2. The Morgan fingerprint density at radius 2 is 2.17 bits per heavy atom. The molecule has 7 nitrogen and oxygen atoms in total. The molecule has 0 aliphatic rings. The van der Waals surface area contributed by atoms with Gasteiger partial charge in [0.25, 0.3) is 5.91 Å². The number of aromatic nitrogens is 1. The van der Waals surface area contributed by atoms with Crippen molar-refractivity contribution in [2.75, 3.05) is 19.4 Å². The Hall–Kier alpha value is -2.61. The second-order valence-electron chi connectivity index (χ2n) is 5.03. The van der Waals surface area contributed by atoms with E-state index in [4.69, 9.17) is 22.1 Å². The molecule has 1 amide bonds. The molecule has 0 unspecified atom stereocenters. The predicted molar refractivity (Wildman–Crippen MR) is 83.8 cm³/mol. The molecule has 0 aliphatic carbocycles. The van der Waals surface area contributed by atoms with Gasteiger partial charge in [0.15, 0.2) is 6.61 Å². The normalized spacial score (nSPS) is 10.5. The van der Waals surface area contributed by atoms with Crippen molar-refractivity contribution in [2.45, 2.75) is 13.5 Å². The first-order valence-corrected chi connectivity index (χ1v) is 7.24. The van der Waals surface area contributed by atoms with Gasteiger partial charge in [-0.05, 0) is 19.1 Å². The minimum atomic E-state index is -0.822. The minimum absolute atomic E-state index is 0.0254. The number of ether oxygens (including phenoxy) is 1. The summed E-state index contributed by atoms with van der Waals surface area (Å²) in [5.74, 6) is -2.06. The van der Waals surface area contributed by atoms with E-state index < -0.39 is 24.3 Å². The fourth-order valence-electron chi connectivity index (χ4n) is 1.95. The summed E-state index contributed by atoms with van der Waals surface area (Å²) in [5, 5.41) is 3.73. The van der Waals surface area contributed by atoms with Gasteiger partial charge in [-0.3, -0.25) is 4.79 Å². The van der Waals surface area contributed by atoms with Crippen LogP contribution in [0, 0.1) is 12.7 Å². The molecular formula is C15H15ClFN3O4. The fourth-order valence-corrected chi connectivity index (χ4v) is 2.18. The van der Waals surface area contributed by atoms with E-state index in [1.54, 1.807) is 0 Å². The highest BCUT2D eigenvalue weighted by molar-refractivity contribution is 6.31. The van der Waals surface area contributed by atoms with Crippen LogP contribution >= 0.6 is 11.6 Å². The summed E-state index contributed by atoms with van der Waals surface area (Å²) in [6, 6.07) is 4.24.